The monoisotopic (exact) mass is 334 g/mol. The molecule has 1 amide bonds. The Morgan fingerprint density at radius 1 is 1.12 bits per heavy atom. The number of rotatable bonds is 4. The number of aromatic nitrogens is 3. The Balaban J connectivity index is 1.42. The second-order valence-corrected chi connectivity index (χ2v) is 6.01. The molecule has 0 aliphatic carbocycles. The molecule has 2 aromatic heterocycles. The molecule has 0 bridgehead atoms. The fourth-order valence-corrected chi connectivity index (χ4v) is 3.11. The van der Waals surface area contributed by atoms with Gasteiger partial charge in [0, 0.05) is 43.0 Å². The molecule has 0 N–H and O–H groups in total. The standard InChI is InChI=1S/C19H18N4O2/c24-18(23-13-3-5-14-4-1-2-6-16(14)23)8-7-17-21-22-19(25-17)15-9-11-20-12-10-15/h1-2,4,6,9-12H,3,5,7-8,13H2. The van der Waals surface area contributed by atoms with E-state index in [9.17, 15) is 4.79 Å². The van der Waals surface area contributed by atoms with Crippen molar-refractivity contribution in [2.45, 2.75) is 25.7 Å². The van der Waals surface area contributed by atoms with E-state index in [1.807, 2.05) is 35.2 Å². The lowest BCUT2D eigenvalue weighted by Gasteiger charge is -2.29. The number of amides is 1. The fourth-order valence-electron chi connectivity index (χ4n) is 3.11. The van der Waals surface area contributed by atoms with E-state index in [-0.39, 0.29) is 5.91 Å². The highest BCUT2D eigenvalue weighted by Gasteiger charge is 2.22. The molecule has 0 saturated carbocycles. The smallest absolute Gasteiger partial charge is 0.247 e. The molecule has 1 aliphatic heterocycles. The highest BCUT2D eigenvalue weighted by molar-refractivity contribution is 5.94. The van der Waals surface area contributed by atoms with Gasteiger partial charge >= 0.3 is 0 Å². The first-order chi connectivity index (χ1) is 12.3. The highest BCUT2D eigenvalue weighted by Crippen LogP contribution is 2.27. The van der Waals surface area contributed by atoms with Gasteiger partial charge in [0.05, 0.1) is 0 Å². The van der Waals surface area contributed by atoms with Crippen molar-refractivity contribution in [1.82, 2.24) is 15.2 Å². The Labute approximate surface area is 145 Å². The van der Waals surface area contributed by atoms with E-state index in [1.165, 1.54) is 5.56 Å². The minimum absolute atomic E-state index is 0.0933. The molecule has 1 aliphatic rings. The van der Waals surface area contributed by atoms with Crippen LogP contribution >= 0.6 is 0 Å². The Hall–Kier alpha value is -3.02. The minimum atomic E-state index is 0.0933. The molecule has 0 radical (unpaired) electrons. The van der Waals surface area contributed by atoms with Crippen LogP contribution in [0.25, 0.3) is 11.5 Å². The molecule has 25 heavy (non-hydrogen) atoms. The van der Waals surface area contributed by atoms with Crippen molar-refractivity contribution in [1.29, 1.82) is 0 Å². The Morgan fingerprint density at radius 2 is 1.96 bits per heavy atom. The maximum atomic E-state index is 12.6. The topological polar surface area (TPSA) is 72.1 Å². The molecule has 0 atom stereocenters. The minimum Gasteiger partial charge on any atom is -0.421 e. The molecule has 1 aromatic carbocycles. The summed E-state index contributed by atoms with van der Waals surface area (Å²) in [6.07, 6.45) is 6.17. The summed E-state index contributed by atoms with van der Waals surface area (Å²) in [5.41, 5.74) is 3.09. The van der Waals surface area contributed by atoms with Crippen molar-refractivity contribution in [3.63, 3.8) is 0 Å². The number of benzene rings is 1. The number of fused-ring (bicyclic) bond motifs is 1. The fraction of sp³-hybridized carbons (Fsp3) is 0.263. The third-order valence-electron chi connectivity index (χ3n) is 4.36. The quantitative estimate of drug-likeness (QED) is 0.733. The summed E-state index contributed by atoms with van der Waals surface area (Å²) in [6.45, 7) is 0.766. The SMILES string of the molecule is O=C(CCc1nnc(-c2ccncc2)o1)N1CCCc2ccccc21. The van der Waals surface area contributed by atoms with E-state index in [0.29, 0.717) is 24.6 Å². The largest absolute Gasteiger partial charge is 0.421 e. The summed E-state index contributed by atoms with van der Waals surface area (Å²) >= 11 is 0. The normalized spacial score (nSPS) is 13.5. The van der Waals surface area contributed by atoms with Crippen molar-refractivity contribution in [3.05, 3.63) is 60.2 Å². The van der Waals surface area contributed by atoms with Crippen LogP contribution in [0.4, 0.5) is 5.69 Å². The summed E-state index contributed by atoms with van der Waals surface area (Å²) in [7, 11) is 0. The van der Waals surface area contributed by atoms with Crippen molar-refractivity contribution < 1.29 is 9.21 Å². The molecule has 6 nitrogen and oxygen atoms in total. The molecule has 4 rings (SSSR count). The summed E-state index contributed by atoms with van der Waals surface area (Å²) in [5.74, 6) is 1.02. The maximum absolute atomic E-state index is 12.6. The number of hydrogen-bond donors (Lipinski definition) is 0. The highest BCUT2D eigenvalue weighted by atomic mass is 16.4. The third kappa shape index (κ3) is 3.28. The van der Waals surface area contributed by atoms with Gasteiger partial charge in [0.15, 0.2) is 0 Å². The summed E-state index contributed by atoms with van der Waals surface area (Å²) in [5, 5.41) is 8.09. The lowest BCUT2D eigenvalue weighted by molar-refractivity contribution is -0.118. The molecule has 3 aromatic rings. The molecule has 6 heteroatoms. The number of anilines is 1. The zero-order valence-electron chi connectivity index (χ0n) is 13.8. The van der Waals surface area contributed by atoms with E-state index in [1.54, 1.807) is 12.4 Å². The first-order valence-electron chi connectivity index (χ1n) is 8.42. The Kier molecular flexibility index (Phi) is 4.24. The second kappa shape index (κ2) is 6.84. The second-order valence-electron chi connectivity index (χ2n) is 6.01. The number of carbonyl (C=O) groups is 1. The van der Waals surface area contributed by atoms with E-state index in [2.05, 4.69) is 21.2 Å². The lowest BCUT2D eigenvalue weighted by Crippen LogP contribution is -2.35. The van der Waals surface area contributed by atoms with Gasteiger partial charge in [-0.2, -0.15) is 0 Å². The van der Waals surface area contributed by atoms with Crippen molar-refractivity contribution in [3.8, 4) is 11.5 Å². The molecule has 126 valence electrons. The van der Waals surface area contributed by atoms with Crippen LogP contribution in [0, 0.1) is 0 Å². The van der Waals surface area contributed by atoms with E-state index >= 15 is 0 Å². The number of nitrogens with zero attached hydrogens (tertiary/aromatic N) is 4. The van der Waals surface area contributed by atoms with E-state index in [4.69, 9.17) is 4.42 Å². The van der Waals surface area contributed by atoms with Crippen molar-refractivity contribution in [2.24, 2.45) is 0 Å². The van der Waals surface area contributed by atoms with Gasteiger partial charge in [-0.1, -0.05) is 18.2 Å². The lowest BCUT2D eigenvalue weighted by atomic mass is 10.0. The molecular weight excluding hydrogens is 316 g/mol. The maximum Gasteiger partial charge on any atom is 0.247 e. The van der Waals surface area contributed by atoms with Gasteiger partial charge in [-0.3, -0.25) is 9.78 Å². The summed E-state index contributed by atoms with van der Waals surface area (Å²) in [6, 6.07) is 11.7. The number of para-hydroxylation sites is 1. The van der Waals surface area contributed by atoms with Gasteiger partial charge in [0.1, 0.15) is 0 Å². The molecule has 0 saturated heterocycles. The molecule has 0 spiro atoms. The van der Waals surface area contributed by atoms with Crippen LogP contribution in [0.1, 0.15) is 24.3 Å². The number of pyridine rings is 1. The first-order valence-corrected chi connectivity index (χ1v) is 8.42. The Bertz CT molecular complexity index is 876. The van der Waals surface area contributed by atoms with Crippen LogP contribution in [0.15, 0.2) is 53.2 Å². The summed E-state index contributed by atoms with van der Waals surface area (Å²) in [4.78, 5) is 18.5. The Morgan fingerprint density at radius 3 is 2.84 bits per heavy atom. The molecule has 0 fully saturated rings. The number of carbonyl (C=O) groups excluding carboxylic acids is 1. The molecular formula is C19H18N4O2. The average molecular weight is 334 g/mol. The van der Waals surface area contributed by atoms with Crippen LogP contribution in [-0.2, 0) is 17.6 Å². The molecule has 0 unspecified atom stereocenters. The van der Waals surface area contributed by atoms with Gasteiger partial charge in [-0.05, 0) is 36.6 Å². The van der Waals surface area contributed by atoms with Gasteiger partial charge in [-0.25, -0.2) is 0 Å². The van der Waals surface area contributed by atoms with E-state index < -0.39 is 0 Å². The molecule has 3 heterocycles. The first kappa shape index (κ1) is 15.5. The zero-order chi connectivity index (χ0) is 17.1. The average Bonchev–Trinajstić information content (AvgIpc) is 3.15. The van der Waals surface area contributed by atoms with Gasteiger partial charge in [0.25, 0.3) is 0 Å². The van der Waals surface area contributed by atoms with Crippen LogP contribution in [0.5, 0.6) is 0 Å². The van der Waals surface area contributed by atoms with Crippen molar-refractivity contribution >= 4 is 11.6 Å². The van der Waals surface area contributed by atoms with Crippen LogP contribution < -0.4 is 4.90 Å². The number of hydrogen-bond acceptors (Lipinski definition) is 5. The van der Waals surface area contributed by atoms with E-state index in [0.717, 1.165) is 30.6 Å². The van der Waals surface area contributed by atoms with Crippen LogP contribution in [0.3, 0.4) is 0 Å². The summed E-state index contributed by atoms with van der Waals surface area (Å²) < 4.78 is 5.66. The van der Waals surface area contributed by atoms with Crippen LogP contribution in [0.2, 0.25) is 0 Å². The number of aryl methyl sites for hydroxylation is 2. The van der Waals surface area contributed by atoms with Gasteiger partial charge in [0.2, 0.25) is 17.7 Å². The van der Waals surface area contributed by atoms with Gasteiger partial charge in [-0.15, -0.1) is 10.2 Å². The van der Waals surface area contributed by atoms with Crippen LogP contribution in [-0.4, -0.2) is 27.6 Å². The third-order valence-corrected chi connectivity index (χ3v) is 4.36. The zero-order valence-corrected chi connectivity index (χ0v) is 13.8. The van der Waals surface area contributed by atoms with Crippen molar-refractivity contribution in [2.75, 3.05) is 11.4 Å². The predicted octanol–water partition coefficient (Wildman–Crippen LogP) is 3.04. The van der Waals surface area contributed by atoms with Gasteiger partial charge < -0.3 is 9.32 Å². The predicted molar refractivity (Wildman–Crippen MR) is 93.0 cm³/mol.